The average molecular weight is 379 g/mol. The van der Waals surface area contributed by atoms with Crippen molar-refractivity contribution < 1.29 is 14.4 Å². The molecule has 0 bridgehead atoms. The van der Waals surface area contributed by atoms with Gasteiger partial charge in [-0.05, 0) is 54.8 Å². The molecule has 0 spiro atoms. The highest BCUT2D eigenvalue weighted by Crippen LogP contribution is 2.21. The van der Waals surface area contributed by atoms with Gasteiger partial charge in [0.05, 0.1) is 0 Å². The van der Waals surface area contributed by atoms with Gasteiger partial charge in [0.1, 0.15) is 0 Å². The van der Waals surface area contributed by atoms with Crippen LogP contribution in [0.2, 0.25) is 0 Å². The molecule has 6 nitrogen and oxygen atoms in total. The lowest BCUT2D eigenvalue weighted by atomic mass is 10.1. The number of benzene rings is 2. The summed E-state index contributed by atoms with van der Waals surface area (Å²) in [6.07, 6.45) is 2.54. The van der Waals surface area contributed by atoms with Gasteiger partial charge in [0.2, 0.25) is 5.91 Å². The summed E-state index contributed by atoms with van der Waals surface area (Å²) in [6.45, 7) is 1.11. The smallest absolute Gasteiger partial charge is 0.253 e. The summed E-state index contributed by atoms with van der Waals surface area (Å²) in [7, 11) is 3.42. The molecule has 3 amide bonds. The quantitative estimate of drug-likeness (QED) is 0.868. The number of hydrogen-bond acceptors (Lipinski definition) is 3. The van der Waals surface area contributed by atoms with Crippen molar-refractivity contribution >= 4 is 23.4 Å². The summed E-state index contributed by atoms with van der Waals surface area (Å²) in [5.74, 6) is -0.0903. The third-order valence-corrected chi connectivity index (χ3v) is 4.82. The predicted molar refractivity (Wildman–Crippen MR) is 108 cm³/mol. The minimum Gasteiger partial charge on any atom is -0.348 e. The first-order chi connectivity index (χ1) is 13.5. The predicted octanol–water partition coefficient (Wildman–Crippen LogP) is 2.84. The van der Waals surface area contributed by atoms with Crippen LogP contribution in [0.3, 0.4) is 0 Å². The molecule has 1 aliphatic heterocycles. The summed E-state index contributed by atoms with van der Waals surface area (Å²) < 4.78 is 0. The monoisotopic (exact) mass is 379 g/mol. The third kappa shape index (κ3) is 4.57. The number of hydrogen-bond donors (Lipinski definition) is 1. The van der Waals surface area contributed by atoms with Gasteiger partial charge in [-0.25, -0.2) is 0 Å². The van der Waals surface area contributed by atoms with Crippen LogP contribution in [0.25, 0.3) is 0 Å². The number of amides is 3. The Labute approximate surface area is 165 Å². The summed E-state index contributed by atoms with van der Waals surface area (Å²) in [6, 6.07) is 14.3. The first-order valence-corrected chi connectivity index (χ1v) is 9.45. The van der Waals surface area contributed by atoms with Crippen molar-refractivity contribution in [1.29, 1.82) is 0 Å². The maximum absolute atomic E-state index is 12.4. The Morgan fingerprint density at radius 1 is 0.964 bits per heavy atom. The largest absolute Gasteiger partial charge is 0.348 e. The van der Waals surface area contributed by atoms with E-state index in [2.05, 4.69) is 5.32 Å². The van der Waals surface area contributed by atoms with Crippen molar-refractivity contribution in [1.82, 2.24) is 10.2 Å². The Hall–Kier alpha value is -3.15. The minimum atomic E-state index is -0.176. The van der Waals surface area contributed by atoms with Gasteiger partial charge in [0, 0.05) is 50.4 Å². The van der Waals surface area contributed by atoms with Crippen molar-refractivity contribution in [2.24, 2.45) is 0 Å². The summed E-state index contributed by atoms with van der Waals surface area (Å²) >= 11 is 0. The molecular weight excluding hydrogens is 354 g/mol. The van der Waals surface area contributed by atoms with Gasteiger partial charge in [0.15, 0.2) is 0 Å². The van der Waals surface area contributed by atoms with Gasteiger partial charge in [-0.3, -0.25) is 14.4 Å². The van der Waals surface area contributed by atoms with E-state index in [4.69, 9.17) is 0 Å². The van der Waals surface area contributed by atoms with E-state index >= 15 is 0 Å². The van der Waals surface area contributed by atoms with Crippen molar-refractivity contribution in [3.05, 3.63) is 65.2 Å². The molecule has 6 heteroatoms. The van der Waals surface area contributed by atoms with E-state index in [9.17, 15) is 14.4 Å². The van der Waals surface area contributed by atoms with E-state index in [0.29, 0.717) is 24.1 Å². The molecule has 0 atom stereocenters. The van der Waals surface area contributed by atoms with Crippen LogP contribution in [0.4, 0.5) is 5.69 Å². The molecule has 1 aliphatic rings. The highest BCUT2D eigenvalue weighted by Gasteiger charge is 2.19. The molecule has 0 aromatic heterocycles. The van der Waals surface area contributed by atoms with Crippen LogP contribution in [-0.2, 0) is 11.3 Å². The molecule has 0 radical (unpaired) electrons. The fourth-order valence-electron chi connectivity index (χ4n) is 3.18. The Morgan fingerprint density at radius 3 is 2.21 bits per heavy atom. The van der Waals surface area contributed by atoms with Crippen molar-refractivity contribution in [2.75, 3.05) is 25.5 Å². The van der Waals surface area contributed by atoms with E-state index in [1.54, 1.807) is 43.3 Å². The van der Waals surface area contributed by atoms with E-state index in [1.165, 1.54) is 4.90 Å². The van der Waals surface area contributed by atoms with Crippen molar-refractivity contribution in [3.8, 4) is 0 Å². The number of nitrogens with zero attached hydrogens (tertiary/aromatic N) is 2. The molecule has 1 N–H and O–H groups in total. The number of anilines is 1. The third-order valence-electron chi connectivity index (χ3n) is 4.82. The van der Waals surface area contributed by atoms with Crippen LogP contribution in [0, 0.1) is 0 Å². The maximum Gasteiger partial charge on any atom is 0.253 e. The molecule has 2 aromatic rings. The number of carbonyl (C=O) groups is 3. The highest BCUT2D eigenvalue weighted by molar-refractivity contribution is 5.97. The molecule has 0 saturated carbocycles. The van der Waals surface area contributed by atoms with E-state index in [1.807, 2.05) is 24.3 Å². The van der Waals surface area contributed by atoms with Crippen LogP contribution in [0.5, 0.6) is 0 Å². The summed E-state index contributed by atoms with van der Waals surface area (Å²) in [5.41, 5.74) is 2.91. The zero-order chi connectivity index (χ0) is 20.1. The number of carbonyl (C=O) groups excluding carboxylic acids is 3. The van der Waals surface area contributed by atoms with Gasteiger partial charge >= 0.3 is 0 Å². The number of piperidine rings is 1. The van der Waals surface area contributed by atoms with Crippen LogP contribution in [0.1, 0.15) is 45.5 Å². The second-order valence-corrected chi connectivity index (χ2v) is 7.13. The molecule has 0 unspecified atom stereocenters. The molecule has 1 heterocycles. The second-order valence-electron chi connectivity index (χ2n) is 7.13. The van der Waals surface area contributed by atoms with E-state index in [0.717, 1.165) is 30.6 Å². The SMILES string of the molecule is CN(C)C(=O)c1ccc(CNC(=O)c2ccc(N3CCCCC3=O)cc2)cc1. The fraction of sp³-hybridized carbons (Fsp3) is 0.318. The van der Waals surface area contributed by atoms with E-state index < -0.39 is 0 Å². The molecule has 1 fully saturated rings. The maximum atomic E-state index is 12.4. The van der Waals surface area contributed by atoms with Gasteiger partial charge in [-0.2, -0.15) is 0 Å². The summed E-state index contributed by atoms with van der Waals surface area (Å²) in [5, 5.41) is 2.88. The molecule has 1 saturated heterocycles. The van der Waals surface area contributed by atoms with Gasteiger partial charge < -0.3 is 15.1 Å². The average Bonchev–Trinajstić information content (AvgIpc) is 2.72. The van der Waals surface area contributed by atoms with E-state index in [-0.39, 0.29) is 17.7 Å². The van der Waals surface area contributed by atoms with Gasteiger partial charge in [0.25, 0.3) is 11.8 Å². The Bertz CT molecular complexity index is 858. The zero-order valence-corrected chi connectivity index (χ0v) is 16.3. The zero-order valence-electron chi connectivity index (χ0n) is 16.3. The molecule has 28 heavy (non-hydrogen) atoms. The topological polar surface area (TPSA) is 69.7 Å². The number of rotatable bonds is 5. The highest BCUT2D eigenvalue weighted by atomic mass is 16.2. The Balaban J connectivity index is 1.57. The van der Waals surface area contributed by atoms with Gasteiger partial charge in [-0.15, -0.1) is 0 Å². The van der Waals surface area contributed by atoms with Gasteiger partial charge in [-0.1, -0.05) is 12.1 Å². The number of nitrogens with one attached hydrogen (secondary N) is 1. The first kappa shape index (κ1) is 19.6. The summed E-state index contributed by atoms with van der Waals surface area (Å²) in [4.78, 5) is 39.6. The van der Waals surface area contributed by atoms with Crippen molar-refractivity contribution in [2.45, 2.75) is 25.8 Å². The Kier molecular flexibility index (Phi) is 6.09. The van der Waals surface area contributed by atoms with Crippen molar-refractivity contribution in [3.63, 3.8) is 0 Å². The van der Waals surface area contributed by atoms with Crippen LogP contribution in [-0.4, -0.2) is 43.3 Å². The molecular formula is C22H25N3O3. The Morgan fingerprint density at radius 2 is 1.61 bits per heavy atom. The molecule has 3 rings (SSSR count). The minimum absolute atomic E-state index is 0.0529. The first-order valence-electron chi connectivity index (χ1n) is 9.45. The second kappa shape index (κ2) is 8.69. The molecule has 0 aliphatic carbocycles. The normalized spacial score (nSPS) is 13.9. The lowest BCUT2D eigenvalue weighted by Crippen LogP contribution is -2.35. The fourth-order valence-corrected chi connectivity index (χ4v) is 3.18. The standard InChI is InChI=1S/C22H25N3O3/c1-24(2)22(28)18-8-6-16(7-9-18)15-23-21(27)17-10-12-19(13-11-17)25-14-4-3-5-20(25)26/h6-13H,3-5,14-15H2,1-2H3,(H,23,27). The van der Waals surface area contributed by atoms with Crippen LogP contribution >= 0.6 is 0 Å². The van der Waals surface area contributed by atoms with Crippen LogP contribution in [0.15, 0.2) is 48.5 Å². The lowest BCUT2D eigenvalue weighted by Gasteiger charge is -2.26. The molecule has 2 aromatic carbocycles. The van der Waals surface area contributed by atoms with Crippen LogP contribution < -0.4 is 10.2 Å². The lowest BCUT2D eigenvalue weighted by molar-refractivity contribution is -0.119. The molecule has 146 valence electrons.